The Labute approximate surface area is 183 Å². The summed E-state index contributed by atoms with van der Waals surface area (Å²) in [6.45, 7) is 26.8. The van der Waals surface area contributed by atoms with Crippen LogP contribution in [0.1, 0.15) is 80.9 Å². The molecule has 0 bridgehead atoms. The molecule has 2 aromatic carbocycles. The fraction of sp³-hybridized carbons (Fsp3) is 0.448. The van der Waals surface area contributed by atoms with Crippen molar-refractivity contribution < 1.29 is 0 Å². The predicted molar refractivity (Wildman–Crippen MR) is 134 cm³/mol. The summed E-state index contributed by atoms with van der Waals surface area (Å²) in [7, 11) is 0. The summed E-state index contributed by atoms with van der Waals surface area (Å²) in [6.07, 6.45) is 1.16. The van der Waals surface area contributed by atoms with Gasteiger partial charge in [0.2, 0.25) is 0 Å². The van der Waals surface area contributed by atoms with E-state index in [4.69, 9.17) is 0 Å². The van der Waals surface area contributed by atoms with Gasteiger partial charge in [-0.2, -0.15) is 0 Å². The molecule has 160 valence electrons. The number of aryl methyl sites for hydroxylation is 4. The highest BCUT2D eigenvalue weighted by atomic mass is 14.7. The molecule has 1 aliphatic rings. The van der Waals surface area contributed by atoms with Crippen LogP contribution in [0.25, 0.3) is 16.3 Å². The van der Waals surface area contributed by atoms with Crippen molar-refractivity contribution in [3.63, 3.8) is 0 Å². The smallest absolute Gasteiger partial charge is 0.0200 e. The van der Waals surface area contributed by atoms with Crippen LogP contribution in [0.2, 0.25) is 0 Å². The van der Waals surface area contributed by atoms with Gasteiger partial charge in [-0.05, 0) is 151 Å². The largest absolute Gasteiger partial charge is 0.362 e. The molecule has 0 fully saturated rings. The van der Waals surface area contributed by atoms with Gasteiger partial charge >= 0.3 is 0 Å². The molecule has 0 radical (unpaired) electrons. The average molecular weight is 402 g/mol. The number of aromatic amines is 1. The Hall–Kier alpha value is -2.28. The van der Waals surface area contributed by atoms with Gasteiger partial charge in [-0.25, -0.2) is 0 Å². The summed E-state index contributed by atoms with van der Waals surface area (Å²) in [5, 5.41) is 2.85. The lowest BCUT2D eigenvalue weighted by molar-refractivity contribution is 1.11. The van der Waals surface area contributed by atoms with Crippen molar-refractivity contribution >= 4 is 16.3 Å². The second-order valence-corrected chi connectivity index (χ2v) is 9.56. The summed E-state index contributed by atoms with van der Waals surface area (Å²) in [5.41, 5.74) is 20.4. The summed E-state index contributed by atoms with van der Waals surface area (Å²) in [4.78, 5) is 3.45. The first-order valence-corrected chi connectivity index (χ1v) is 11.2. The summed E-state index contributed by atoms with van der Waals surface area (Å²) >= 11 is 0. The molecule has 1 heterocycles. The summed E-state index contributed by atoms with van der Waals surface area (Å²) in [6, 6.07) is 0. The Kier molecular flexibility index (Phi) is 5.80. The number of hydrogen-bond donors (Lipinski definition) is 1. The monoisotopic (exact) mass is 401 g/mol. The SMILES string of the molecule is CC1=C(C)c2c(C)c(C)c(C)c(C)c2C1.Cc1c(C)c(C)c2c(C)[nH]c(C)c2c1C. The predicted octanol–water partition coefficient (Wildman–Crippen LogP) is 8.29. The quantitative estimate of drug-likeness (QED) is 0.390. The van der Waals surface area contributed by atoms with Crippen LogP contribution in [0.15, 0.2) is 5.57 Å². The van der Waals surface area contributed by atoms with Crippen LogP contribution in [0.3, 0.4) is 0 Å². The van der Waals surface area contributed by atoms with Crippen LogP contribution in [0.4, 0.5) is 0 Å². The Morgan fingerprint density at radius 1 is 0.467 bits per heavy atom. The fourth-order valence-electron chi connectivity index (χ4n) is 5.39. The van der Waals surface area contributed by atoms with E-state index in [0.29, 0.717) is 0 Å². The van der Waals surface area contributed by atoms with Crippen molar-refractivity contribution in [1.82, 2.24) is 4.98 Å². The highest BCUT2D eigenvalue weighted by Gasteiger charge is 2.22. The summed E-state index contributed by atoms with van der Waals surface area (Å²) in [5.74, 6) is 0. The van der Waals surface area contributed by atoms with E-state index < -0.39 is 0 Å². The van der Waals surface area contributed by atoms with Gasteiger partial charge in [0.15, 0.2) is 0 Å². The molecule has 0 saturated heterocycles. The van der Waals surface area contributed by atoms with Crippen LogP contribution < -0.4 is 0 Å². The van der Waals surface area contributed by atoms with Crippen molar-refractivity contribution in [2.24, 2.45) is 0 Å². The van der Waals surface area contributed by atoms with Crippen LogP contribution in [-0.4, -0.2) is 4.98 Å². The standard InChI is InChI=1S/C15H20.C14H19N/c1-8-7-14-12(5)10(3)11(4)13(6)15(14)9(8)2;1-7-8(2)10(4)14-12(6)15-11(5)13(14)9(7)3/h7H2,1-6H3;15H,1-6H3. The third-order valence-electron chi connectivity index (χ3n) is 8.09. The van der Waals surface area contributed by atoms with Crippen molar-refractivity contribution in [3.8, 4) is 0 Å². The topological polar surface area (TPSA) is 15.8 Å². The molecule has 0 unspecified atom stereocenters. The van der Waals surface area contributed by atoms with Gasteiger partial charge in [-0.15, -0.1) is 0 Å². The second kappa shape index (κ2) is 7.76. The molecule has 0 saturated carbocycles. The van der Waals surface area contributed by atoms with Crippen molar-refractivity contribution in [1.29, 1.82) is 0 Å². The van der Waals surface area contributed by atoms with Gasteiger partial charge in [0.1, 0.15) is 0 Å². The van der Waals surface area contributed by atoms with Gasteiger partial charge in [0.25, 0.3) is 0 Å². The Morgan fingerprint density at radius 2 is 0.867 bits per heavy atom. The summed E-state index contributed by atoms with van der Waals surface area (Å²) < 4.78 is 0. The molecule has 0 spiro atoms. The molecule has 1 N–H and O–H groups in total. The lowest BCUT2D eigenvalue weighted by atomic mass is 9.89. The zero-order valence-electron chi connectivity index (χ0n) is 21.2. The molecule has 1 aromatic heterocycles. The molecule has 0 atom stereocenters. The molecule has 0 aliphatic heterocycles. The Bertz CT molecular complexity index is 1160. The van der Waals surface area contributed by atoms with E-state index >= 15 is 0 Å². The Balaban J connectivity index is 0.000000171. The third kappa shape index (κ3) is 3.23. The maximum absolute atomic E-state index is 3.45. The first kappa shape index (κ1) is 22.4. The number of H-pyrrole nitrogens is 1. The molecule has 3 aromatic rings. The van der Waals surface area contributed by atoms with Crippen LogP contribution in [-0.2, 0) is 6.42 Å². The number of benzene rings is 2. The Morgan fingerprint density at radius 3 is 1.33 bits per heavy atom. The maximum atomic E-state index is 3.45. The van der Waals surface area contributed by atoms with Crippen LogP contribution >= 0.6 is 0 Å². The minimum atomic E-state index is 1.16. The number of aromatic nitrogens is 1. The molecule has 1 aliphatic carbocycles. The van der Waals surface area contributed by atoms with Crippen molar-refractivity contribution in [2.45, 2.75) is 89.5 Å². The lowest BCUT2D eigenvalue weighted by Gasteiger charge is -2.16. The van der Waals surface area contributed by atoms with E-state index in [9.17, 15) is 0 Å². The van der Waals surface area contributed by atoms with Crippen LogP contribution in [0.5, 0.6) is 0 Å². The number of allylic oxidation sites excluding steroid dienone is 2. The first-order chi connectivity index (χ1) is 13.9. The van der Waals surface area contributed by atoms with E-state index in [1.807, 2.05) is 0 Å². The number of fused-ring (bicyclic) bond motifs is 2. The highest BCUT2D eigenvalue weighted by Crippen LogP contribution is 2.39. The molecule has 4 rings (SSSR count). The zero-order chi connectivity index (χ0) is 22.7. The van der Waals surface area contributed by atoms with Crippen molar-refractivity contribution in [2.75, 3.05) is 0 Å². The first-order valence-electron chi connectivity index (χ1n) is 11.2. The third-order valence-corrected chi connectivity index (χ3v) is 8.09. The molecule has 1 nitrogen and oxygen atoms in total. The van der Waals surface area contributed by atoms with Crippen LogP contribution in [0, 0.1) is 69.2 Å². The highest BCUT2D eigenvalue weighted by molar-refractivity contribution is 5.95. The van der Waals surface area contributed by atoms with Gasteiger partial charge in [-0.1, -0.05) is 5.57 Å². The van der Waals surface area contributed by atoms with E-state index in [1.54, 1.807) is 11.1 Å². The number of hydrogen-bond acceptors (Lipinski definition) is 0. The molecule has 30 heavy (non-hydrogen) atoms. The zero-order valence-corrected chi connectivity index (χ0v) is 21.2. The van der Waals surface area contributed by atoms with Gasteiger partial charge < -0.3 is 4.98 Å². The number of rotatable bonds is 0. The second-order valence-electron chi connectivity index (χ2n) is 9.56. The molecule has 0 amide bonds. The molecule has 1 heteroatoms. The fourth-order valence-corrected chi connectivity index (χ4v) is 5.39. The van der Waals surface area contributed by atoms with E-state index in [-0.39, 0.29) is 0 Å². The number of nitrogens with one attached hydrogen (secondary N) is 1. The maximum Gasteiger partial charge on any atom is 0.0200 e. The average Bonchev–Trinajstić information content (AvgIpc) is 3.17. The van der Waals surface area contributed by atoms with Gasteiger partial charge in [0, 0.05) is 22.2 Å². The van der Waals surface area contributed by atoms with E-state index in [2.05, 4.69) is 88.1 Å². The normalized spacial score (nSPS) is 13.1. The molecular formula is C29H39N. The minimum Gasteiger partial charge on any atom is -0.362 e. The van der Waals surface area contributed by atoms with Gasteiger partial charge in [-0.3, -0.25) is 0 Å². The lowest BCUT2D eigenvalue weighted by Crippen LogP contribution is -2.00. The van der Waals surface area contributed by atoms with Gasteiger partial charge in [0.05, 0.1) is 0 Å². The molecular weight excluding hydrogens is 362 g/mol. The van der Waals surface area contributed by atoms with E-state index in [0.717, 1.165) is 6.42 Å². The minimum absolute atomic E-state index is 1.16. The van der Waals surface area contributed by atoms with Crippen molar-refractivity contribution in [3.05, 3.63) is 72.6 Å². The van der Waals surface area contributed by atoms with E-state index in [1.165, 1.54) is 77.8 Å².